The normalized spacial score (nSPS) is 17.2. The molecule has 0 bridgehead atoms. The zero-order valence-corrected chi connectivity index (χ0v) is 10.9. The monoisotopic (exact) mass is 252 g/mol. The molecule has 0 aromatic carbocycles. The Labute approximate surface area is 105 Å². The average molecular weight is 252 g/mol. The van der Waals surface area contributed by atoms with Crippen LogP contribution in [-0.2, 0) is 6.54 Å². The van der Waals surface area contributed by atoms with E-state index >= 15 is 0 Å². The van der Waals surface area contributed by atoms with Gasteiger partial charge in [-0.15, -0.1) is 11.3 Å². The lowest BCUT2D eigenvalue weighted by Crippen LogP contribution is -2.25. The third-order valence-electron chi connectivity index (χ3n) is 2.84. The number of thioether (sulfide) groups is 1. The number of rotatable bonds is 4. The second kappa shape index (κ2) is 6.29. The average Bonchev–Trinajstić information content (AvgIpc) is 2.78. The van der Waals surface area contributed by atoms with E-state index in [1.54, 1.807) is 11.3 Å². The number of nitrogens with zero attached hydrogens (tertiary/aromatic N) is 1. The van der Waals surface area contributed by atoms with Gasteiger partial charge < -0.3 is 5.32 Å². The summed E-state index contributed by atoms with van der Waals surface area (Å²) in [5.74, 6) is 3.50. The quantitative estimate of drug-likeness (QED) is 0.895. The molecule has 0 radical (unpaired) electrons. The first kappa shape index (κ1) is 12.0. The second-order valence-corrected chi connectivity index (χ2v) is 6.46. The van der Waals surface area contributed by atoms with E-state index in [0.29, 0.717) is 0 Å². The minimum atomic E-state index is 0.811. The molecule has 16 heavy (non-hydrogen) atoms. The van der Waals surface area contributed by atoms with Gasteiger partial charge in [0.1, 0.15) is 10.9 Å². The molecule has 1 aliphatic rings. The minimum absolute atomic E-state index is 0.811. The Morgan fingerprint density at radius 3 is 2.88 bits per heavy atom. The van der Waals surface area contributed by atoms with E-state index in [1.807, 2.05) is 12.1 Å². The largest absolute Gasteiger partial charge is 0.312 e. The Hall–Kier alpha value is -0.500. The van der Waals surface area contributed by atoms with E-state index in [0.717, 1.165) is 23.9 Å². The summed E-state index contributed by atoms with van der Waals surface area (Å²) in [4.78, 5) is 2.08. The lowest BCUT2D eigenvalue weighted by Gasteiger charge is -2.21. The molecule has 86 valence electrons. The topological polar surface area (TPSA) is 35.8 Å². The molecule has 0 unspecified atom stereocenters. The summed E-state index contributed by atoms with van der Waals surface area (Å²) in [5.41, 5.74) is 0. The fourth-order valence-electron chi connectivity index (χ4n) is 1.88. The zero-order valence-electron chi connectivity index (χ0n) is 9.24. The third kappa shape index (κ3) is 3.51. The molecule has 1 aromatic rings. The highest BCUT2D eigenvalue weighted by atomic mass is 32.2. The van der Waals surface area contributed by atoms with Crippen molar-refractivity contribution in [3.05, 3.63) is 21.9 Å². The van der Waals surface area contributed by atoms with Crippen molar-refractivity contribution in [3.63, 3.8) is 0 Å². The van der Waals surface area contributed by atoms with Gasteiger partial charge in [-0.2, -0.15) is 17.0 Å². The number of nitriles is 1. The molecule has 2 rings (SSSR count). The van der Waals surface area contributed by atoms with Crippen LogP contribution in [0.25, 0.3) is 0 Å². The smallest absolute Gasteiger partial charge is 0.110 e. The van der Waals surface area contributed by atoms with Gasteiger partial charge in [-0.1, -0.05) is 0 Å². The summed E-state index contributed by atoms with van der Waals surface area (Å²) >= 11 is 3.66. The number of thiophene rings is 1. The first-order chi connectivity index (χ1) is 7.88. The summed E-state index contributed by atoms with van der Waals surface area (Å²) in [7, 11) is 0. The maximum Gasteiger partial charge on any atom is 0.110 e. The van der Waals surface area contributed by atoms with Gasteiger partial charge in [-0.3, -0.25) is 0 Å². The van der Waals surface area contributed by atoms with Crippen LogP contribution in [0.5, 0.6) is 0 Å². The molecule has 1 aliphatic heterocycles. The minimum Gasteiger partial charge on any atom is -0.312 e. The third-order valence-corrected chi connectivity index (χ3v) is 4.88. The molecule has 0 amide bonds. The van der Waals surface area contributed by atoms with E-state index in [-0.39, 0.29) is 0 Å². The van der Waals surface area contributed by atoms with E-state index < -0.39 is 0 Å². The van der Waals surface area contributed by atoms with Crippen LogP contribution in [0.15, 0.2) is 12.1 Å². The van der Waals surface area contributed by atoms with Gasteiger partial charge in [0.15, 0.2) is 0 Å². The fourth-order valence-corrected chi connectivity index (χ4v) is 3.86. The Morgan fingerprint density at radius 1 is 1.38 bits per heavy atom. The van der Waals surface area contributed by atoms with E-state index in [1.165, 1.54) is 29.2 Å². The Balaban J connectivity index is 1.69. The highest BCUT2D eigenvalue weighted by molar-refractivity contribution is 7.99. The number of nitrogens with one attached hydrogen (secondary N) is 1. The predicted molar refractivity (Wildman–Crippen MR) is 70.8 cm³/mol. The van der Waals surface area contributed by atoms with Crippen LogP contribution in [0.1, 0.15) is 22.6 Å². The van der Waals surface area contributed by atoms with Crippen LogP contribution in [0.4, 0.5) is 0 Å². The number of hydrogen-bond acceptors (Lipinski definition) is 4. The van der Waals surface area contributed by atoms with E-state index in [2.05, 4.69) is 23.1 Å². The van der Waals surface area contributed by atoms with Crippen molar-refractivity contribution in [2.45, 2.75) is 19.4 Å². The van der Waals surface area contributed by atoms with Gasteiger partial charge >= 0.3 is 0 Å². The molecule has 1 saturated heterocycles. The molecule has 1 N–H and O–H groups in total. The van der Waals surface area contributed by atoms with Gasteiger partial charge in [0.05, 0.1) is 0 Å². The van der Waals surface area contributed by atoms with Crippen molar-refractivity contribution < 1.29 is 0 Å². The summed E-state index contributed by atoms with van der Waals surface area (Å²) < 4.78 is 0. The first-order valence-corrected chi connectivity index (χ1v) is 7.63. The maximum absolute atomic E-state index is 8.72. The highest BCUT2D eigenvalue weighted by Crippen LogP contribution is 2.22. The lowest BCUT2D eigenvalue weighted by atomic mass is 10.0. The predicted octanol–water partition coefficient (Wildman–Crippen LogP) is 2.85. The molecule has 2 heterocycles. The molecular formula is C12H16N2S2. The van der Waals surface area contributed by atoms with E-state index in [9.17, 15) is 0 Å². The van der Waals surface area contributed by atoms with Gasteiger partial charge in [-0.05, 0) is 48.9 Å². The molecular weight excluding hydrogens is 236 g/mol. The van der Waals surface area contributed by atoms with Gasteiger partial charge in [0.2, 0.25) is 0 Å². The molecule has 4 heteroatoms. The van der Waals surface area contributed by atoms with Crippen molar-refractivity contribution >= 4 is 23.1 Å². The van der Waals surface area contributed by atoms with Gasteiger partial charge in [-0.25, -0.2) is 0 Å². The summed E-state index contributed by atoms with van der Waals surface area (Å²) in [6, 6.07) is 6.13. The summed E-state index contributed by atoms with van der Waals surface area (Å²) in [5, 5.41) is 12.2. The number of hydrogen-bond donors (Lipinski definition) is 1. The second-order valence-electron chi connectivity index (χ2n) is 4.06. The van der Waals surface area contributed by atoms with Gasteiger partial charge in [0, 0.05) is 11.4 Å². The zero-order chi connectivity index (χ0) is 11.2. The standard InChI is InChI=1S/C12H16N2S2/c13-7-11-1-2-12(16-11)9-14-8-10-3-5-15-6-4-10/h1-2,10,14H,3-6,8-9H2. The molecule has 1 fully saturated rings. The van der Waals surface area contributed by atoms with E-state index in [4.69, 9.17) is 5.26 Å². The van der Waals surface area contributed by atoms with Gasteiger partial charge in [0.25, 0.3) is 0 Å². The van der Waals surface area contributed by atoms with Crippen molar-refractivity contribution in [1.82, 2.24) is 5.32 Å². The molecule has 0 atom stereocenters. The van der Waals surface area contributed by atoms with Crippen molar-refractivity contribution in [2.24, 2.45) is 5.92 Å². The fraction of sp³-hybridized carbons (Fsp3) is 0.583. The lowest BCUT2D eigenvalue weighted by molar-refractivity contribution is 0.449. The Morgan fingerprint density at radius 2 is 2.19 bits per heavy atom. The van der Waals surface area contributed by atoms with Crippen molar-refractivity contribution in [2.75, 3.05) is 18.1 Å². The van der Waals surface area contributed by atoms with Crippen LogP contribution < -0.4 is 5.32 Å². The summed E-state index contributed by atoms with van der Waals surface area (Å²) in [6.45, 7) is 2.04. The Kier molecular flexibility index (Phi) is 4.70. The molecule has 2 nitrogen and oxygen atoms in total. The SMILES string of the molecule is N#Cc1ccc(CNCC2CCSCC2)s1. The summed E-state index contributed by atoms with van der Waals surface area (Å²) in [6.07, 6.45) is 2.71. The molecule has 0 aliphatic carbocycles. The first-order valence-electron chi connectivity index (χ1n) is 5.66. The van der Waals surface area contributed by atoms with Crippen molar-refractivity contribution in [1.29, 1.82) is 5.26 Å². The van der Waals surface area contributed by atoms with Crippen molar-refractivity contribution in [3.8, 4) is 6.07 Å². The van der Waals surface area contributed by atoms with Crippen LogP contribution in [0.3, 0.4) is 0 Å². The van der Waals surface area contributed by atoms with Crippen LogP contribution >= 0.6 is 23.1 Å². The highest BCUT2D eigenvalue weighted by Gasteiger charge is 2.12. The Bertz CT molecular complexity index is 361. The van der Waals surface area contributed by atoms with Crippen LogP contribution in [0.2, 0.25) is 0 Å². The molecule has 1 aromatic heterocycles. The molecule has 0 spiro atoms. The molecule has 0 saturated carbocycles. The maximum atomic E-state index is 8.72. The van der Waals surface area contributed by atoms with Crippen LogP contribution in [0, 0.1) is 17.2 Å². The van der Waals surface area contributed by atoms with Crippen LogP contribution in [-0.4, -0.2) is 18.1 Å².